The van der Waals surface area contributed by atoms with Crippen LogP contribution in [0.5, 0.6) is 0 Å². The summed E-state index contributed by atoms with van der Waals surface area (Å²) in [4.78, 5) is 72.9. The summed E-state index contributed by atoms with van der Waals surface area (Å²) >= 11 is 0. The van der Waals surface area contributed by atoms with Crippen LogP contribution in [0.1, 0.15) is 362 Å². The predicted molar refractivity (Wildman–Crippen MR) is 400 cm³/mol. The molecule has 0 aliphatic rings. The fourth-order valence-corrected chi connectivity index (χ4v) is 12.5. The summed E-state index contributed by atoms with van der Waals surface area (Å²) in [5.74, 6) is -2.17. The molecule has 98 heavy (non-hydrogen) atoms. The molecule has 0 spiro atoms. The number of allylic oxidation sites excluding steroid dienone is 10. The second-order valence-corrected chi connectivity index (χ2v) is 29.6. The van der Waals surface area contributed by atoms with Gasteiger partial charge >= 0.3 is 39.5 Å². The summed E-state index contributed by atoms with van der Waals surface area (Å²) in [5.41, 5.74) is 0. The van der Waals surface area contributed by atoms with Gasteiger partial charge in [-0.3, -0.25) is 37.3 Å². The Labute approximate surface area is 597 Å². The molecule has 0 aliphatic carbocycles. The number of phosphoric ester groups is 2. The fourth-order valence-electron chi connectivity index (χ4n) is 10.9. The number of hydrogen-bond acceptors (Lipinski definition) is 15. The minimum atomic E-state index is -4.97. The maximum Gasteiger partial charge on any atom is 0.472 e. The first kappa shape index (κ1) is 94.8. The molecule has 0 rings (SSSR count). The van der Waals surface area contributed by atoms with Gasteiger partial charge in [-0.1, -0.05) is 300 Å². The summed E-state index contributed by atoms with van der Waals surface area (Å²) < 4.78 is 68.5. The Morgan fingerprint density at radius 3 is 0.786 bits per heavy atom. The highest BCUT2D eigenvalue weighted by Crippen LogP contribution is 2.45. The van der Waals surface area contributed by atoms with Crippen molar-refractivity contribution < 1.29 is 80.2 Å². The Morgan fingerprint density at radius 2 is 0.500 bits per heavy atom. The van der Waals surface area contributed by atoms with E-state index in [1.165, 1.54) is 128 Å². The molecule has 0 saturated carbocycles. The van der Waals surface area contributed by atoms with Crippen molar-refractivity contribution in [3.8, 4) is 0 Å². The SMILES string of the molecule is CCCCC/C=C\C/C=C\C/C=C\CCCCCCCCC(=O)OCC(COP(=O)(O)OCC(O)COP(=O)(O)OCC(COC(=O)CCCCCCC/C=C\C/C=C\CCCCC)OC(=O)CCCCCCCCCCCCCCC)OC(=O)CCCCCCCCCCCCC. The lowest BCUT2D eigenvalue weighted by Gasteiger charge is -2.21. The van der Waals surface area contributed by atoms with Crippen LogP contribution in [0.3, 0.4) is 0 Å². The van der Waals surface area contributed by atoms with Crippen molar-refractivity contribution in [3.05, 3.63) is 60.8 Å². The van der Waals surface area contributed by atoms with Gasteiger partial charge < -0.3 is 33.8 Å². The van der Waals surface area contributed by atoms with Gasteiger partial charge in [0.15, 0.2) is 12.2 Å². The molecular weight excluding hydrogens is 1280 g/mol. The van der Waals surface area contributed by atoms with Crippen LogP contribution in [-0.2, 0) is 65.4 Å². The Bertz CT molecular complexity index is 2100. The number of aliphatic hydroxyl groups excluding tert-OH is 1. The van der Waals surface area contributed by atoms with Crippen LogP contribution in [0.15, 0.2) is 60.8 Å². The smallest absolute Gasteiger partial charge is 0.462 e. The maximum atomic E-state index is 13.1. The van der Waals surface area contributed by atoms with Crippen molar-refractivity contribution >= 4 is 39.5 Å². The Hall–Kier alpha value is -3.24. The van der Waals surface area contributed by atoms with Gasteiger partial charge in [-0.05, 0) is 96.3 Å². The number of carbonyl (C=O) groups excluding carboxylic acids is 4. The lowest BCUT2D eigenvalue weighted by Crippen LogP contribution is -2.30. The van der Waals surface area contributed by atoms with E-state index in [1.807, 2.05) is 0 Å². The van der Waals surface area contributed by atoms with Crippen LogP contribution >= 0.6 is 15.6 Å². The van der Waals surface area contributed by atoms with Gasteiger partial charge in [0, 0.05) is 25.7 Å². The van der Waals surface area contributed by atoms with Crippen molar-refractivity contribution in [2.75, 3.05) is 39.6 Å². The monoisotopic (exact) mass is 1430 g/mol. The number of unbranched alkanes of at least 4 members (excludes halogenated alkanes) is 39. The third kappa shape index (κ3) is 71.2. The molecule has 0 aromatic rings. The van der Waals surface area contributed by atoms with Crippen molar-refractivity contribution in [1.82, 2.24) is 0 Å². The number of hydrogen-bond donors (Lipinski definition) is 3. The summed E-state index contributed by atoms with van der Waals surface area (Å²) in [5, 5.41) is 10.6. The van der Waals surface area contributed by atoms with E-state index < -0.39 is 97.5 Å². The van der Waals surface area contributed by atoms with E-state index in [0.29, 0.717) is 25.7 Å². The average Bonchev–Trinajstić information content (AvgIpc) is 1.00. The maximum absolute atomic E-state index is 13.1. The van der Waals surface area contributed by atoms with Gasteiger partial charge in [-0.25, -0.2) is 9.13 Å². The van der Waals surface area contributed by atoms with Gasteiger partial charge in [-0.15, -0.1) is 0 Å². The number of carbonyl (C=O) groups is 4. The van der Waals surface area contributed by atoms with Crippen LogP contribution in [0, 0.1) is 0 Å². The molecule has 5 unspecified atom stereocenters. The third-order valence-electron chi connectivity index (χ3n) is 17.0. The standard InChI is InChI=1S/C79H144O17P2/c1-5-9-13-17-21-25-29-32-34-35-36-37-39-42-45-48-52-56-60-64-77(82)89-69-74(95-78(83)65-61-57-53-49-43-28-24-20-16-12-8-4)71-93-97(85,86)91-67-73(80)68-92-98(87,88)94-72-75(96-79(84)66-62-58-54-50-46-40-31-27-23-19-15-11-7-3)70-90-76(81)63-59-55-51-47-44-41-38-33-30-26-22-18-14-10-6-2/h21-22,25-26,32-34,36-38,73-75,80H,5-20,23-24,27-31,35,39-72H2,1-4H3,(H,85,86)(H,87,88)/b25-21-,26-22-,34-32-,37-36-,38-33-. The molecule has 3 N–H and O–H groups in total. The van der Waals surface area contributed by atoms with E-state index in [0.717, 1.165) is 154 Å². The quantitative estimate of drug-likeness (QED) is 0.0169. The van der Waals surface area contributed by atoms with E-state index in [4.69, 9.17) is 37.0 Å². The van der Waals surface area contributed by atoms with Crippen LogP contribution in [0.2, 0.25) is 0 Å². The first-order valence-corrected chi connectivity index (χ1v) is 42.5. The largest absolute Gasteiger partial charge is 0.472 e. The summed E-state index contributed by atoms with van der Waals surface area (Å²) in [6.07, 6.45) is 70.6. The van der Waals surface area contributed by atoms with Crippen LogP contribution in [-0.4, -0.2) is 96.7 Å². The number of phosphoric acid groups is 2. The molecule has 0 saturated heterocycles. The van der Waals surface area contributed by atoms with Crippen molar-refractivity contribution in [2.45, 2.75) is 380 Å². The molecule has 0 aromatic carbocycles. The number of esters is 4. The minimum absolute atomic E-state index is 0.0976. The molecule has 572 valence electrons. The molecule has 0 aromatic heterocycles. The highest BCUT2D eigenvalue weighted by molar-refractivity contribution is 7.47. The molecule has 0 radical (unpaired) electrons. The highest BCUT2D eigenvalue weighted by atomic mass is 31.2. The molecular formula is C79H144O17P2. The summed E-state index contributed by atoms with van der Waals surface area (Å²) in [6.45, 7) is 4.85. The van der Waals surface area contributed by atoms with Gasteiger partial charge in [0.1, 0.15) is 19.3 Å². The van der Waals surface area contributed by atoms with Crippen molar-refractivity contribution in [1.29, 1.82) is 0 Å². The molecule has 0 bridgehead atoms. The Balaban J connectivity index is 5.28. The number of aliphatic hydroxyl groups is 1. The highest BCUT2D eigenvalue weighted by Gasteiger charge is 2.30. The molecule has 0 fully saturated rings. The van der Waals surface area contributed by atoms with Gasteiger partial charge in [-0.2, -0.15) is 0 Å². The average molecular weight is 1430 g/mol. The van der Waals surface area contributed by atoms with Crippen molar-refractivity contribution in [3.63, 3.8) is 0 Å². The molecule has 19 heteroatoms. The van der Waals surface area contributed by atoms with E-state index in [-0.39, 0.29) is 25.7 Å². The Kier molecular flexibility index (Phi) is 69.7. The second-order valence-electron chi connectivity index (χ2n) is 26.7. The van der Waals surface area contributed by atoms with Gasteiger partial charge in [0.2, 0.25) is 0 Å². The third-order valence-corrected chi connectivity index (χ3v) is 18.9. The Morgan fingerprint density at radius 1 is 0.286 bits per heavy atom. The molecule has 5 atom stereocenters. The summed E-state index contributed by atoms with van der Waals surface area (Å²) in [7, 11) is -9.94. The molecule has 0 aliphatic heterocycles. The first-order valence-electron chi connectivity index (χ1n) is 39.5. The lowest BCUT2D eigenvalue weighted by atomic mass is 10.0. The summed E-state index contributed by atoms with van der Waals surface area (Å²) in [6, 6.07) is 0. The molecule has 0 amide bonds. The van der Waals surface area contributed by atoms with E-state index in [2.05, 4.69) is 88.5 Å². The van der Waals surface area contributed by atoms with E-state index in [9.17, 15) is 43.2 Å². The van der Waals surface area contributed by atoms with Crippen LogP contribution in [0.4, 0.5) is 0 Å². The zero-order valence-electron chi connectivity index (χ0n) is 62.5. The zero-order chi connectivity index (χ0) is 71.8. The number of ether oxygens (including phenoxy) is 4. The van der Waals surface area contributed by atoms with Crippen LogP contribution < -0.4 is 0 Å². The van der Waals surface area contributed by atoms with E-state index in [1.54, 1.807) is 0 Å². The fraction of sp³-hybridized carbons (Fsp3) is 0.823. The zero-order valence-corrected chi connectivity index (χ0v) is 64.3. The van der Waals surface area contributed by atoms with Gasteiger partial charge in [0.05, 0.1) is 26.4 Å². The van der Waals surface area contributed by atoms with Crippen LogP contribution in [0.25, 0.3) is 0 Å². The van der Waals surface area contributed by atoms with Crippen molar-refractivity contribution in [2.24, 2.45) is 0 Å². The second kappa shape index (κ2) is 72.1. The topological polar surface area (TPSA) is 237 Å². The molecule has 17 nitrogen and oxygen atoms in total. The first-order chi connectivity index (χ1) is 47.7. The van der Waals surface area contributed by atoms with E-state index >= 15 is 0 Å². The number of rotatable bonds is 75. The van der Waals surface area contributed by atoms with Gasteiger partial charge in [0.25, 0.3) is 0 Å². The normalized spacial score (nSPS) is 14.2. The minimum Gasteiger partial charge on any atom is -0.462 e. The predicted octanol–water partition coefficient (Wildman–Crippen LogP) is 22.7. The molecule has 0 heterocycles. The lowest BCUT2D eigenvalue weighted by molar-refractivity contribution is -0.161.